The van der Waals surface area contributed by atoms with E-state index >= 15 is 0 Å². The fourth-order valence-electron chi connectivity index (χ4n) is 3.04. The van der Waals surface area contributed by atoms with Gasteiger partial charge in [0.15, 0.2) is 0 Å². The largest absolute Gasteiger partial charge is 0.497 e. The second kappa shape index (κ2) is 9.03. The summed E-state index contributed by atoms with van der Waals surface area (Å²) in [6, 6.07) is 10.9. The normalized spacial score (nSPS) is 10.5. The first-order chi connectivity index (χ1) is 14.7. The van der Waals surface area contributed by atoms with Gasteiger partial charge in [0.05, 0.1) is 19.7 Å². The van der Waals surface area contributed by atoms with Crippen molar-refractivity contribution in [2.45, 2.75) is 0 Å². The molecule has 160 valence electrons. The summed E-state index contributed by atoms with van der Waals surface area (Å²) in [5.74, 6) is 0.128. The lowest BCUT2D eigenvalue weighted by Gasteiger charge is -2.14. The number of methoxy groups -OCH3 is 2. The molecule has 31 heavy (non-hydrogen) atoms. The number of hydrogen-bond donors (Lipinski definition) is 3. The highest BCUT2D eigenvalue weighted by molar-refractivity contribution is 6.58. The van der Waals surface area contributed by atoms with Gasteiger partial charge in [-0.05, 0) is 35.8 Å². The average molecular weight is 423 g/mol. The van der Waals surface area contributed by atoms with Gasteiger partial charge in [-0.2, -0.15) is 0 Å². The molecule has 2 aromatic carbocycles. The van der Waals surface area contributed by atoms with E-state index in [1.165, 1.54) is 43.4 Å². The molecule has 3 aromatic rings. The van der Waals surface area contributed by atoms with Crippen molar-refractivity contribution in [2.24, 2.45) is 0 Å². The van der Waals surface area contributed by atoms with Gasteiger partial charge in [0.1, 0.15) is 17.2 Å². The average Bonchev–Trinajstić information content (AvgIpc) is 2.76. The second-order valence-corrected chi connectivity index (χ2v) is 6.96. The van der Waals surface area contributed by atoms with Crippen molar-refractivity contribution in [2.75, 3.05) is 33.6 Å². The smallest absolute Gasteiger partial charge is 0.488 e. The summed E-state index contributed by atoms with van der Waals surface area (Å²) >= 11 is 0. The maximum absolute atomic E-state index is 12.9. The van der Waals surface area contributed by atoms with Crippen molar-refractivity contribution < 1.29 is 29.1 Å². The zero-order chi connectivity index (χ0) is 22.7. The van der Waals surface area contributed by atoms with E-state index in [9.17, 15) is 19.6 Å². The molecule has 0 aliphatic carbocycles. The van der Waals surface area contributed by atoms with Crippen molar-refractivity contribution in [3.63, 3.8) is 0 Å². The minimum absolute atomic E-state index is 0.0665. The number of anilines is 1. The number of nitrogens with zero attached hydrogens (tertiary/aromatic N) is 2. The summed E-state index contributed by atoms with van der Waals surface area (Å²) < 4.78 is 10.6. The van der Waals surface area contributed by atoms with Crippen molar-refractivity contribution in [1.29, 1.82) is 0 Å². The van der Waals surface area contributed by atoms with Crippen molar-refractivity contribution in [3.8, 4) is 11.5 Å². The van der Waals surface area contributed by atoms with Crippen LogP contribution in [0.25, 0.3) is 10.9 Å². The topological polar surface area (TPSA) is 121 Å². The van der Waals surface area contributed by atoms with Gasteiger partial charge in [0.2, 0.25) is 0 Å². The highest BCUT2D eigenvalue weighted by Gasteiger charge is 2.19. The molecule has 0 unspecified atom stereocenters. The Bertz CT molecular complexity index is 1150. The maximum Gasteiger partial charge on any atom is 0.488 e. The summed E-state index contributed by atoms with van der Waals surface area (Å²) in [5.41, 5.74) is 1.06. The quantitative estimate of drug-likeness (QED) is 0.504. The van der Waals surface area contributed by atoms with Crippen LogP contribution in [0.3, 0.4) is 0 Å². The Balaban J connectivity index is 2.00. The fourth-order valence-corrected chi connectivity index (χ4v) is 3.04. The van der Waals surface area contributed by atoms with Gasteiger partial charge in [-0.1, -0.05) is 0 Å². The molecular formula is C21H22BN3O6. The van der Waals surface area contributed by atoms with Gasteiger partial charge in [0, 0.05) is 42.9 Å². The minimum Gasteiger partial charge on any atom is -0.497 e. The van der Waals surface area contributed by atoms with Crippen LogP contribution in [0.2, 0.25) is 0 Å². The van der Waals surface area contributed by atoms with Crippen LogP contribution in [0.15, 0.2) is 42.5 Å². The molecule has 3 rings (SSSR count). The first kappa shape index (κ1) is 22.1. The van der Waals surface area contributed by atoms with Crippen molar-refractivity contribution in [3.05, 3.63) is 53.7 Å². The van der Waals surface area contributed by atoms with E-state index in [1.807, 2.05) is 0 Å². The molecule has 0 saturated heterocycles. The first-order valence-corrected chi connectivity index (χ1v) is 9.30. The molecule has 1 heterocycles. The highest BCUT2D eigenvalue weighted by Crippen LogP contribution is 2.28. The number of amides is 2. The molecule has 0 bridgehead atoms. The van der Waals surface area contributed by atoms with Crippen LogP contribution in [0.4, 0.5) is 5.69 Å². The van der Waals surface area contributed by atoms with Crippen molar-refractivity contribution >= 4 is 41.0 Å². The van der Waals surface area contributed by atoms with Crippen molar-refractivity contribution in [1.82, 2.24) is 9.88 Å². The Kier molecular flexibility index (Phi) is 6.43. The number of carbonyl (C=O) groups excluding carboxylic acids is 2. The van der Waals surface area contributed by atoms with E-state index in [0.29, 0.717) is 22.4 Å². The standard InChI is InChI=1S/C21H22BN3O6/c1-25(2)21(27)12-7-13(22(28)29)9-14(8-12)23-20(26)18-11-19(31-4)16-6-5-15(30-3)10-17(16)24-18/h5-11,28-29H,1-4H3,(H,23,26). The van der Waals surface area contributed by atoms with E-state index in [1.54, 1.807) is 32.3 Å². The van der Waals surface area contributed by atoms with E-state index in [4.69, 9.17) is 9.47 Å². The Morgan fingerprint density at radius 3 is 2.39 bits per heavy atom. The van der Waals surface area contributed by atoms with Crippen LogP contribution in [0, 0.1) is 0 Å². The number of benzene rings is 2. The summed E-state index contributed by atoms with van der Waals surface area (Å²) in [7, 11) is 4.36. The van der Waals surface area contributed by atoms with Crippen LogP contribution in [0.5, 0.6) is 11.5 Å². The Hall–Kier alpha value is -3.63. The molecule has 3 N–H and O–H groups in total. The number of rotatable bonds is 6. The summed E-state index contributed by atoms with van der Waals surface area (Å²) in [5, 5.41) is 22.5. The minimum atomic E-state index is -1.81. The number of aromatic nitrogens is 1. The Morgan fingerprint density at radius 1 is 1.03 bits per heavy atom. The Morgan fingerprint density at radius 2 is 1.77 bits per heavy atom. The summed E-state index contributed by atoms with van der Waals surface area (Å²) in [4.78, 5) is 31.0. The third-order valence-electron chi connectivity index (χ3n) is 4.60. The molecule has 2 amide bonds. The number of carbonyl (C=O) groups is 2. The summed E-state index contributed by atoms with van der Waals surface area (Å²) in [6.07, 6.45) is 0. The van der Waals surface area contributed by atoms with Crippen LogP contribution in [-0.2, 0) is 0 Å². The third kappa shape index (κ3) is 4.76. The van der Waals surface area contributed by atoms with Gasteiger partial charge in [-0.3, -0.25) is 9.59 Å². The summed E-state index contributed by atoms with van der Waals surface area (Å²) in [6.45, 7) is 0. The lowest BCUT2D eigenvalue weighted by atomic mass is 9.79. The molecule has 0 radical (unpaired) electrons. The number of hydrogen-bond acceptors (Lipinski definition) is 7. The number of fused-ring (bicyclic) bond motifs is 1. The zero-order valence-electron chi connectivity index (χ0n) is 17.5. The second-order valence-electron chi connectivity index (χ2n) is 6.96. The predicted octanol–water partition coefficient (Wildman–Crippen LogP) is 0.886. The maximum atomic E-state index is 12.9. The molecule has 0 aliphatic heterocycles. The molecule has 0 aliphatic rings. The van der Waals surface area contributed by atoms with E-state index < -0.39 is 13.0 Å². The molecule has 10 heteroatoms. The van der Waals surface area contributed by atoms with E-state index in [0.717, 1.165) is 0 Å². The molecule has 0 atom stereocenters. The van der Waals surface area contributed by atoms with Gasteiger partial charge in [-0.15, -0.1) is 0 Å². The van der Waals surface area contributed by atoms with Crippen LogP contribution in [0.1, 0.15) is 20.8 Å². The molecule has 0 saturated carbocycles. The predicted molar refractivity (Wildman–Crippen MR) is 117 cm³/mol. The lowest BCUT2D eigenvalue weighted by Crippen LogP contribution is -2.32. The Labute approximate surface area is 179 Å². The first-order valence-electron chi connectivity index (χ1n) is 9.30. The third-order valence-corrected chi connectivity index (χ3v) is 4.60. The van der Waals surface area contributed by atoms with E-state index in [2.05, 4.69) is 10.3 Å². The molecular weight excluding hydrogens is 401 g/mol. The van der Waals surface area contributed by atoms with Crippen LogP contribution >= 0.6 is 0 Å². The number of nitrogens with one attached hydrogen (secondary N) is 1. The highest BCUT2D eigenvalue weighted by atomic mass is 16.5. The molecule has 0 fully saturated rings. The monoisotopic (exact) mass is 423 g/mol. The fraction of sp³-hybridized carbons (Fsp3) is 0.190. The van der Waals surface area contributed by atoms with Crippen LogP contribution in [-0.4, -0.2) is 67.2 Å². The lowest BCUT2D eigenvalue weighted by molar-refractivity contribution is 0.0827. The van der Waals surface area contributed by atoms with Gasteiger partial charge >= 0.3 is 7.12 Å². The SMILES string of the molecule is COc1ccc2c(OC)cc(C(=O)Nc3cc(B(O)O)cc(C(=O)N(C)C)c3)nc2c1. The van der Waals surface area contributed by atoms with Gasteiger partial charge in [-0.25, -0.2) is 4.98 Å². The zero-order valence-corrected chi connectivity index (χ0v) is 17.5. The van der Waals surface area contributed by atoms with Gasteiger partial charge in [0.25, 0.3) is 11.8 Å². The molecule has 0 spiro atoms. The number of pyridine rings is 1. The van der Waals surface area contributed by atoms with Gasteiger partial charge < -0.3 is 29.7 Å². The van der Waals surface area contributed by atoms with E-state index in [-0.39, 0.29) is 28.3 Å². The molecule has 1 aromatic heterocycles. The van der Waals surface area contributed by atoms with Crippen LogP contribution < -0.4 is 20.3 Å². The molecule has 9 nitrogen and oxygen atoms in total. The number of ether oxygens (including phenoxy) is 2.